The van der Waals surface area contributed by atoms with Gasteiger partial charge in [-0.2, -0.15) is 0 Å². The van der Waals surface area contributed by atoms with Crippen LogP contribution in [0.15, 0.2) is 29.4 Å². The summed E-state index contributed by atoms with van der Waals surface area (Å²) in [6, 6.07) is 6.49. The molecule has 7 nitrogen and oxygen atoms in total. The van der Waals surface area contributed by atoms with Crippen LogP contribution >= 0.6 is 11.8 Å². The first-order chi connectivity index (χ1) is 10.5. The summed E-state index contributed by atoms with van der Waals surface area (Å²) in [6.45, 7) is 3.57. The minimum atomic E-state index is -0.415. The van der Waals surface area contributed by atoms with Gasteiger partial charge in [-0.1, -0.05) is 11.8 Å². The third-order valence-electron chi connectivity index (χ3n) is 2.80. The molecule has 22 heavy (non-hydrogen) atoms. The number of H-pyrrole nitrogens is 1. The Balaban J connectivity index is 1.94. The van der Waals surface area contributed by atoms with E-state index >= 15 is 0 Å². The zero-order chi connectivity index (χ0) is 16.1. The zero-order valence-corrected chi connectivity index (χ0v) is 13.2. The molecule has 8 heteroatoms. The number of amides is 1. The molecular formula is C14H16N4O3S. The Morgan fingerprint density at radius 3 is 2.55 bits per heavy atom. The first-order valence-electron chi connectivity index (χ1n) is 6.54. The summed E-state index contributed by atoms with van der Waals surface area (Å²) in [5, 5.41) is 9.66. The van der Waals surface area contributed by atoms with Crippen molar-refractivity contribution in [2.24, 2.45) is 0 Å². The van der Waals surface area contributed by atoms with Gasteiger partial charge in [-0.15, -0.1) is 5.10 Å². The molecule has 0 fully saturated rings. The number of rotatable bonds is 5. The molecule has 0 saturated carbocycles. The Morgan fingerprint density at radius 1 is 1.32 bits per heavy atom. The second kappa shape index (κ2) is 7.08. The van der Waals surface area contributed by atoms with E-state index in [9.17, 15) is 9.59 Å². The van der Waals surface area contributed by atoms with E-state index in [1.807, 2.05) is 0 Å². The molecule has 1 aromatic heterocycles. The largest absolute Gasteiger partial charge is 0.465 e. The molecule has 0 spiro atoms. The number of nitrogens with one attached hydrogen (secondary N) is 2. The molecule has 0 bridgehead atoms. The predicted octanol–water partition coefficient (Wildman–Crippen LogP) is 2.02. The standard InChI is InChI=1S/C14H16N4O3S/c1-8(22-14-15-9(2)17-18-14)12(19)16-11-6-4-10(5-7-11)13(20)21-3/h4-8H,1-3H3,(H,16,19)(H,15,17,18)/t8-/m0/s1. The van der Waals surface area contributed by atoms with Crippen molar-refractivity contribution in [2.75, 3.05) is 12.4 Å². The lowest BCUT2D eigenvalue weighted by Gasteiger charge is -2.10. The van der Waals surface area contributed by atoms with Gasteiger partial charge in [-0.3, -0.25) is 9.89 Å². The second-order valence-electron chi connectivity index (χ2n) is 4.52. The maximum Gasteiger partial charge on any atom is 0.337 e. The van der Waals surface area contributed by atoms with E-state index in [4.69, 9.17) is 0 Å². The van der Waals surface area contributed by atoms with Crippen molar-refractivity contribution < 1.29 is 14.3 Å². The Kier molecular flexibility index (Phi) is 5.16. The molecule has 0 saturated heterocycles. The van der Waals surface area contributed by atoms with Gasteiger partial charge in [-0.05, 0) is 38.1 Å². The van der Waals surface area contributed by atoms with Crippen LogP contribution in [0.1, 0.15) is 23.1 Å². The lowest BCUT2D eigenvalue weighted by Crippen LogP contribution is -2.22. The summed E-state index contributed by atoms with van der Waals surface area (Å²) in [5.74, 6) is 0.119. The number of hydrogen-bond donors (Lipinski definition) is 2. The number of aryl methyl sites for hydroxylation is 1. The minimum Gasteiger partial charge on any atom is -0.465 e. The number of benzene rings is 1. The molecule has 0 radical (unpaired) electrons. The van der Waals surface area contributed by atoms with E-state index < -0.39 is 5.97 Å². The number of aromatic amines is 1. The minimum absolute atomic E-state index is 0.168. The van der Waals surface area contributed by atoms with Crippen LogP contribution in [0.3, 0.4) is 0 Å². The fourth-order valence-corrected chi connectivity index (χ4v) is 2.41. The van der Waals surface area contributed by atoms with Crippen LogP contribution in [0.2, 0.25) is 0 Å². The Labute approximate surface area is 131 Å². The third-order valence-corrected chi connectivity index (χ3v) is 3.76. The highest BCUT2D eigenvalue weighted by atomic mass is 32.2. The first-order valence-corrected chi connectivity index (χ1v) is 7.42. The van der Waals surface area contributed by atoms with Crippen LogP contribution in [-0.4, -0.2) is 39.4 Å². The van der Waals surface area contributed by atoms with E-state index in [1.54, 1.807) is 38.1 Å². The monoisotopic (exact) mass is 320 g/mol. The second-order valence-corrected chi connectivity index (χ2v) is 5.83. The number of aromatic nitrogens is 3. The van der Waals surface area contributed by atoms with Crippen molar-refractivity contribution in [1.82, 2.24) is 15.2 Å². The Hall–Kier alpha value is -2.35. The van der Waals surface area contributed by atoms with E-state index in [0.29, 0.717) is 22.2 Å². The smallest absolute Gasteiger partial charge is 0.337 e. The molecule has 1 atom stereocenters. The van der Waals surface area contributed by atoms with Crippen LogP contribution in [0, 0.1) is 6.92 Å². The van der Waals surface area contributed by atoms with Gasteiger partial charge in [-0.25, -0.2) is 9.78 Å². The highest BCUT2D eigenvalue weighted by Crippen LogP contribution is 2.20. The number of ether oxygens (including phenoxy) is 1. The Morgan fingerprint density at radius 2 is 2.00 bits per heavy atom. The van der Waals surface area contributed by atoms with Crippen LogP contribution in [0.4, 0.5) is 5.69 Å². The molecular weight excluding hydrogens is 304 g/mol. The topological polar surface area (TPSA) is 97.0 Å². The number of anilines is 1. The molecule has 0 aliphatic carbocycles. The van der Waals surface area contributed by atoms with Crippen LogP contribution in [-0.2, 0) is 9.53 Å². The maximum absolute atomic E-state index is 12.1. The summed E-state index contributed by atoms with van der Waals surface area (Å²) in [5.41, 5.74) is 1.04. The molecule has 116 valence electrons. The molecule has 2 rings (SSSR count). The summed E-state index contributed by atoms with van der Waals surface area (Å²) in [7, 11) is 1.32. The third kappa shape index (κ3) is 4.08. The van der Waals surface area contributed by atoms with E-state index in [1.165, 1.54) is 18.9 Å². The van der Waals surface area contributed by atoms with Crippen molar-refractivity contribution in [2.45, 2.75) is 24.3 Å². The number of hydrogen-bond acceptors (Lipinski definition) is 6. The van der Waals surface area contributed by atoms with Crippen molar-refractivity contribution in [3.8, 4) is 0 Å². The Bertz CT molecular complexity index is 669. The van der Waals surface area contributed by atoms with E-state index in [-0.39, 0.29) is 11.2 Å². The van der Waals surface area contributed by atoms with Crippen LogP contribution in [0.25, 0.3) is 0 Å². The number of carbonyl (C=O) groups excluding carboxylic acids is 2. The van der Waals surface area contributed by atoms with Crippen molar-refractivity contribution in [1.29, 1.82) is 0 Å². The van der Waals surface area contributed by atoms with Crippen LogP contribution < -0.4 is 5.32 Å². The van der Waals surface area contributed by atoms with Gasteiger partial charge in [0, 0.05) is 5.69 Å². The maximum atomic E-state index is 12.1. The van der Waals surface area contributed by atoms with Gasteiger partial charge in [0.2, 0.25) is 11.1 Å². The summed E-state index contributed by atoms with van der Waals surface area (Å²) in [6.07, 6.45) is 0. The van der Waals surface area contributed by atoms with Crippen molar-refractivity contribution >= 4 is 29.3 Å². The zero-order valence-electron chi connectivity index (χ0n) is 12.4. The van der Waals surface area contributed by atoms with Gasteiger partial charge in [0.15, 0.2) is 0 Å². The van der Waals surface area contributed by atoms with E-state index in [0.717, 1.165) is 0 Å². The van der Waals surface area contributed by atoms with E-state index in [2.05, 4.69) is 25.2 Å². The van der Waals surface area contributed by atoms with Gasteiger partial charge in [0.1, 0.15) is 5.82 Å². The molecule has 2 aromatic rings. The normalized spacial score (nSPS) is 11.8. The fourth-order valence-electron chi connectivity index (χ4n) is 1.64. The number of carbonyl (C=O) groups is 2. The summed E-state index contributed by atoms with van der Waals surface area (Å²) < 4.78 is 4.62. The molecule has 0 aliphatic rings. The first kappa shape index (κ1) is 16.0. The molecule has 2 N–H and O–H groups in total. The lowest BCUT2D eigenvalue weighted by molar-refractivity contribution is -0.115. The molecule has 1 amide bonds. The van der Waals surface area contributed by atoms with Gasteiger partial charge >= 0.3 is 5.97 Å². The van der Waals surface area contributed by atoms with Crippen molar-refractivity contribution in [3.63, 3.8) is 0 Å². The quantitative estimate of drug-likeness (QED) is 0.646. The lowest BCUT2D eigenvalue weighted by atomic mass is 10.2. The van der Waals surface area contributed by atoms with Gasteiger partial charge in [0.05, 0.1) is 17.9 Å². The number of esters is 1. The van der Waals surface area contributed by atoms with Crippen LogP contribution in [0.5, 0.6) is 0 Å². The van der Waals surface area contributed by atoms with Gasteiger partial charge in [0.25, 0.3) is 0 Å². The summed E-state index contributed by atoms with van der Waals surface area (Å²) in [4.78, 5) is 27.6. The molecule has 1 heterocycles. The number of methoxy groups -OCH3 is 1. The number of nitrogens with zero attached hydrogens (tertiary/aromatic N) is 2. The molecule has 0 unspecified atom stereocenters. The SMILES string of the molecule is COC(=O)c1ccc(NC(=O)[C@H](C)Sc2n[nH]c(C)n2)cc1. The highest BCUT2D eigenvalue weighted by Gasteiger charge is 2.17. The predicted molar refractivity (Wildman–Crippen MR) is 82.8 cm³/mol. The molecule has 1 aromatic carbocycles. The average Bonchev–Trinajstić information content (AvgIpc) is 2.92. The average molecular weight is 320 g/mol. The van der Waals surface area contributed by atoms with Gasteiger partial charge < -0.3 is 10.1 Å². The summed E-state index contributed by atoms with van der Waals surface area (Å²) >= 11 is 1.26. The number of thioether (sulfide) groups is 1. The highest BCUT2D eigenvalue weighted by molar-refractivity contribution is 8.00. The van der Waals surface area contributed by atoms with Crippen molar-refractivity contribution in [3.05, 3.63) is 35.7 Å². The fraction of sp³-hybridized carbons (Fsp3) is 0.286. The molecule has 0 aliphatic heterocycles.